The largest absolute Gasteiger partial charge is 0.497 e. The first kappa shape index (κ1) is 20.2. The molecule has 1 saturated carbocycles. The second kappa shape index (κ2) is 7.76. The summed E-state index contributed by atoms with van der Waals surface area (Å²) in [5.74, 6) is 0.731. The Bertz CT molecular complexity index is 1200. The molecule has 3 aromatic rings. The Morgan fingerprint density at radius 1 is 1.03 bits per heavy atom. The van der Waals surface area contributed by atoms with Gasteiger partial charge in [-0.2, -0.15) is 4.31 Å². The number of sulfonamides is 1. The van der Waals surface area contributed by atoms with E-state index >= 15 is 0 Å². The van der Waals surface area contributed by atoms with Gasteiger partial charge < -0.3 is 4.74 Å². The fraction of sp³-hybridized carbons (Fsp3) is 0.391. The lowest BCUT2D eigenvalue weighted by molar-refractivity contribution is 0.131. The molecule has 8 heteroatoms. The molecule has 1 fully saturated rings. The van der Waals surface area contributed by atoms with Crippen LogP contribution in [-0.2, 0) is 16.6 Å². The third-order valence-corrected chi connectivity index (χ3v) is 8.33. The first-order chi connectivity index (χ1) is 15.0. The zero-order valence-electron chi connectivity index (χ0n) is 17.7. The van der Waals surface area contributed by atoms with Gasteiger partial charge in [-0.15, -0.1) is 5.10 Å². The summed E-state index contributed by atoms with van der Waals surface area (Å²) in [7, 11) is -2.01. The number of ether oxygens (including phenoxy) is 1. The van der Waals surface area contributed by atoms with Crippen molar-refractivity contribution < 1.29 is 13.2 Å². The van der Waals surface area contributed by atoms with E-state index in [4.69, 9.17) is 4.74 Å². The van der Waals surface area contributed by atoms with Crippen molar-refractivity contribution in [1.29, 1.82) is 0 Å². The van der Waals surface area contributed by atoms with E-state index in [1.807, 2.05) is 48.0 Å². The van der Waals surface area contributed by atoms with Gasteiger partial charge in [0.15, 0.2) is 0 Å². The van der Waals surface area contributed by atoms with Gasteiger partial charge in [-0.25, -0.2) is 13.1 Å². The van der Waals surface area contributed by atoms with E-state index in [1.54, 1.807) is 23.5 Å². The van der Waals surface area contributed by atoms with Gasteiger partial charge in [0, 0.05) is 11.6 Å². The third kappa shape index (κ3) is 3.43. The molecule has 1 aromatic heterocycles. The van der Waals surface area contributed by atoms with Crippen LogP contribution in [0.1, 0.15) is 43.0 Å². The van der Waals surface area contributed by atoms with Gasteiger partial charge in [-0.3, -0.25) is 0 Å². The number of nitrogens with zero attached hydrogens (tertiary/aromatic N) is 4. The van der Waals surface area contributed by atoms with E-state index in [0.29, 0.717) is 10.6 Å². The Kier molecular flexibility index (Phi) is 5.06. The average molecular weight is 439 g/mol. The van der Waals surface area contributed by atoms with Crippen molar-refractivity contribution in [1.82, 2.24) is 19.3 Å². The minimum absolute atomic E-state index is 0.00424. The monoisotopic (exact) mass is 438 g/mol. The highest BCUT2D eigenvalue weighted by molar-refractivity contribution is 7.89. The Morgan fingerprint density at radius 2 is 1.77 bits per heavy atom. The molecule has 5 rings (SSSR count). The summed E-state index contributed by atoms with van der Waals surface area (Å²) >= 11 is 0. The molecule has 2 aromatic carbocycles. The van der Waals surface area contributed by atoms with Crippen LogP contribution in [0.4, 0.5) is 0 Å². The van der Waals surface area contributed by atoms with E-state index in [1.165, 1.54) is 0 Å². The number of fused-ring (bicyclic) bond motifs is 3. The Labute approximate surface area is 182 Å². The second-order valence-electron chi connectivity index (χ2n) is 8.34. The van der Waals surface area contributed by atoms with Crippen LogP contribution < -0.4 is 4.74 Å². The highest BCUT2D eigenvalue weighted by Gasteiger charge is 2.44. The van der Waals surface area contributed by atoms with Gasteiger partial charge in [0.05, 0.1) is 30.3 Å². The molecule has 0 unspecified atom stereocenters. The van der Waals surface area contributed by atoms with Crippen LogP contribution in [0, 0.1) is 6.92 Å². The normalized spacial score (nSPS) is 21.4. The molecule has 0 radical (unpaired) electrons. The maximum absolute atomic E-state index is 13.7. The molecule has 0 N–H and O–H groups in total. The summed E-state index contributed by atoms with van der Waals surface area (Å²) in [6, 6.07) is 14.7. The van der Waals surface area contributed by atoms with Gasteiger partial charge >= 0.3 is 0 Å². The third-order valence-electron chi connectivity index (χ3n) is 6.45. The van der Waals surface area contributed by atoms with E-state index in [-0.39, 0.29) is 18.6 Å². The van der Waals surface area contributed by atoms with Crippen molar-refractivity contribution in [3.63, 3.8) is 0 Å². The second-order valence-corrected chi connectivity index (χ2v) is 10.2. The molecule has 0 amide bonds. The summed E-state index contributed by atoms with van der Waals surface area (Å²) in [5.41, 5.74) is 3.47. The van der Waals surface area contributed by atoms with Gasteiger partial charge in [0.25, 0.3) is 0 Å². The van der Waals surface area contributed by atoms with Gasteiger partial charge in [0.2, 0.25) is 10.0 Å². The predicted molar refractivity (Wildman–Crippen MR) is 117 cm³/mol. The number of hydrogen-bond donors (Lipinski definition) is 0. The maximum atomic E-state index is 13.7. The first-order valence-electron chi connectivity index (χ1n) is 10.7. The quantitative estimate of drug-likeness (QED) is 0.616. The van der Waals surface area contributed by atoms with Crippen LogP contribution in [-0.4, -0.2) is 40.9 Å². The molecular weight excluding hydrogens is 412 g/mol. The van der Waals surface area contributed by atoms with Crippen molar-refractivity contribution in [2.75, 3.05) is 7.11 Å². The van der Waals surface area contributed by atoms with Crippen molar-refractivity contribution in [3.8, 4) is 17.0 Å². The minimum atomic E-state index is -3.64. The molecule has 0 spiro atoms. The number of aryl methyl sites for hydroxylation is 1. The van der Waals surface area contributed by atoms with Crippen LogP contribution in [0.3, 0.4) is 0 Å². The van der Waals surface area contributed by atoms with E-state index in [0.717, 1.165) is 48.3 Å². The number of aromatic nitrogens is 3. The summed E-state index contributed by atoms with van der Waals surface area (Å²) < 4.78 is 36.4. The zero-order valence-corrected chi connectivity index (χ0v) is 18.5. The molecule has 2 aliphatic rings. The Morgan fingerprint density at radius 3 is 2.52 bits per heavy atom. The molecule has 2 heterocycles. The van der Waals surface area contributed by atoms with E-state index in [2.05, 4.69) is 10.3 Å². The predicted octanol–water partition coefficient (Wildman–Crippen LogP) is 3.95. The number of hydrogen-bond acceptors (Lipinski definition) is 5. The molecule has 162 valence electrons. The molecule has 1 aliphatic carbocycles. The molecule has 0 saturated heterocycles. The minimum Gasteiger partial charge on any atom is -0.497 e. The van der Waals surface area contributed by atoms with Crippen LogP contribution in [0.15, 0.2) is 53.4 Å². The van der Waals surface area contributed by atoms with Gasteiger partial charge in [-0.05, 0) is 44.0 Å². The van der Waals surface area contributed by atoms with Crippen LogP contribution in [0.5, 0.6) is 5.75 Å². The summed E-state index contributed by atoms with van der Waals surface area (Å²) in [4.78, 5) is 0.339. The average Bonchev–Trinajstić information content (AvgIpc) is 3.23. The smallest absolute Gasteiger partial charge is 0.243 e. The van der Waals surface area contributed by atoms with Gasteiger partial charge in [0.1, 0.15) is 11.4 Å². The summed E-state index contributed by atoms with van der Waals surface area (Å²) in [6.45, 7) is 2.22. The number of rotatable bonds is 4. The Hall–Kier alpha value is -2.71. The molecule has 2 atom stereocenters. The maximum Gasteiger partial charge on any atom is 0.243 e. The highest BCUT2D eigenvalue weighted by Crippen LogP contribution is 2.42. The highest BCUT2D eigenvalue weighted by atomic mass is 32.2. The summed E-state index contributed by atoms with van der Waals surface area (Å²) in [5, 5.41) is 8.95. The standard InChI is InChI=1S/C23H26N4O3S/c1-16-10-12-19(13-11-16)31(28,29)26-15-22-23(17-6-5-7-18(14-17)30-2)24-25-27(22)21-9-4-3-8-20(21)26/h5-7,10-14,20-21H,3-4,8-9,15H2,1-2H3/t20-,21-/m0/s1. The number of methoxy groups -OCH3 is 1. The molecule has 31 heavy (non-hydrogen) atoms. The lowest BCUT2D eigenvalue weighted by Gasteiger charge is -2.43. The SMILES string of the molecule is COc1cccc(-c2nnn3c2CN(S(=O)(=O)c2ccc(C)cc2)[C@H]2CCCC[C@@H]23)c1. The van der Waals surface area contributed by atoms with Crippen molar-refractivity contribution in [2.24, 2.45) is 0 Å². The molecule has 7 nitrogen and oxygen atoms in total. The fourth-order valence-corrected chi connectivity index (χ4v) is 6.45. The number of benzene rings is 2. The van der Waals surface area contributed by atoms with Crippen molar-refractivity contribution >= 4 is 10.0 Å². The van der Waals surface area contributed by atoms with Crippen molar-refractivity contribution in [2.45, 2.75) is 56.1 Å². The first-order valence-corrected chi connectivity index (χ1v) is 12.1. The van der Waals surface area contributed by atoms with Crippen LogP contribution in [0.2, 0.25) is 0 Å². The lowest BCUT2D eigenvalue weighted by atomic mass is 9.88. The van der Waals surface area contributed by atoms with Crippen LogP contribution >= 0.6 is 0 Å². The fourth-order valence-electron chi connectivity index (χ4n) is 4.81. The zero-order chi connectivity index (χ0) is 21.6. The van der Waals surface area contributed by atoms with Gasteiger partial charge in [-0.1, -0.05) is 47.9 Å². The van der Waals surface area contributed by atoms with E-state index < -0.39 is 10.0 Å². The molecule has 1 aliphatic heterocycles. The molecular formula is C23H26N4O3S. The van der Waals surface area contributed by atoms with Crippen molar-refractivity contribution in [3.05, 3.63) is 59.8 Å². The van der Waals surface area contributed by atoms with Crippen LogP contribution in [0.25, 0.3) is 11.3 Å². The topological polar surface area (TPSA) is 77.3 Å². The molecule has 0 bridgehead atoms. The lowest BCUT2D eigenvalue weighted by Crippen LogP contribution is -2.50. The summed E-state index contributed by atoms with van der Waals surface area (Å²) in [6.07, 6.45) is 3.82. The Balaban J connectivity index is 1.61. The van der Waals surface area contributed by atoms with E-state index in [9.17, 15) is 8.42 Å².